The van der Waals surface area contributed by atoms with Gasteiger partial charge in [-0.25, -0.2) is 0 Å². The average molecular weight is 280 g/mol. The molecule has 0 spiro atoms. The summed E-state index contributed by atoms with van der Waals surface area (Å²) in [6, 6.07) is 6.26. The maximum atomic E-state index is 8.69. The summed E-state index contributed by atoms with van der Waals surface area (Å²) < 4.78 is 0. The third kappa shape index (κ3) is 2.78. The van der Waals surface area contributed by atoms with Crippen molar-refractivity contribution in [2.45, 2.75) is 31.7 Å². The first kappa shape index (κ1) is 12.6. The van der Waals surface area contributed by atoms with Gasteiger partial charge in [0.1, 0.15) is 0 Å². The molecule has 2 aliphatic rings. The van der Waals surface area contributed by atoms with Crippen molar-refractivity contribution in [3.05, 3.63) is 28.8 Å². The topological polar surface area (TPSA) is 61.9 Å². The molecule has 102 valence electrons. The van der Waals surface area contributed by atoms with Gasteiger partial charge in [0, 0.05) is 18.2 Å². The van der Waals surface area contributed by atoms with Crippen LogP contribution in [0.15, 0.2) is 23.4 Å². The molecule has 19 heavy (non-hydrogen) atoms. The summed E-state index contributed by atoms with van der Waals surface area (Å²) in [6.45, 7) is 1.10. The van der Waals surface area contributed by atoms with E-state index < -0.39 is 0 Å². The Morgan fingerprint density at radius 3 is 2.63 bits per heavy atom. The van der Waals surface area contributed by atoms with Gasteiger partial charge in [0.05, 0.1) is 10.7 Å². The van der Waals surface area contributed by atoms with Crippen LogP contribution in [-0.2, 0) is 0 Å². The second-order valence-electron chi connectivity index (χ2n) is 5.48. The number of rotatable bonds is 5. The summed E-state index contributed by atoms with van der Waals surface area (Å²) in [5, 5.41) is 12.4. The quantitative estimate of drug-likeness (QED) is 0.377. The minimum absolute atomic E-state index is 0.0913. The summed E-state index contributed by atoms with van der Waals surface area (Å²) in [7, 11) is 0. The highest BCUT2D eigenvalue weighted by molar-refractivity contribution is 6.33. The van der Waals surface area contributed by atoms with E-state index in [1.54, 1.807) is 6.07 Å². The number of oxime groups is 1. The van der Waals surface area contributed by atoms with Crippen molar-refractivity contribution in [3.8, 4) is 0 Å². The van der Waals surface area contributed by atoms with Gasteiger partial charge in [-0.3, -0.25) is 0 Å². The minimum atomic E-state index is 0.0913. The zero-order valence-corrected chi connectivity index (χ0v) is 11.5. The van der Waals surface area contributed by atoms with Crippen LogP contribution in [0.5, 0.6) is 0 Å². The summed E-state index contributed by atoms with van der Waals surface area (Å²) in [4.78, 5) is 2.43. The first-order valence-corrected chi connectivity index (χ1v) is 7.11. The Hall–Kier alpha value is -1.42. The lowest BCUT2D eigenvalue weighted by Gasteiger charge is -2.26. The molecule has 0 aromatic heterocycles. The molecule has 3 rings (SSSR count). The predicted octanol–water partition coefficient (Wildman–Crippen LogP) is 2.81. The van der Waals surface area contributed by atoms with Crippen molar-refractivity contribution in [1.82, 2.24) is 0 Å². The van der Waals surface area contributed by atoms with Crippen LogP contribution in [0.25, 0.3) is 0 Å². The molecule has 2 fully saturated rings. The first-order chi connectivity index (χ1) is 9.19. The van der Waals surface area contributed by atoms with Gasteiger partial charge in [0.2, 0.25) is 0 Å². The normalized spacial score (nSPS) is 19.5. The van der Waals surface area contributed by atoms with Crippen molar-refractivity contribution in [3.63, 3.8) is 0 Å². The molecule has 3 N–H and O–H groups in total. The number of halogens is 1. The van der Waals surface area contributed by atoms with E-state index in [0.717, 1.165) is 18.2 Å². The van der Waals surface area contributed by atoms with Gasteiger partial charge in [0.25, 0.3) is 0 Å². The van der Waals surface area contributed by atoms with E-state index in [0.29, 0.717) is 16.6 Å². The fourth-order valence-electron chi connectivity index (χ4n) is 2.37. The molecular weight excluding hydrogens is 262 g/mol. The monoisotopic (exact) mass is 279 g/mol. The SMILES string of the molecule is NC(=NO)c1ccc(N(CC2CC2)C2CC2)c(Cl)c1. The number of hydrogen-bond donors (Lipinski definition) is 2. The van der Waals surface area contributed by atoms with Crippen molar-refractivity contribution < 1.29 is 5.21 Å². The molecule has 0 radical (unpaired) electrons. The second-order valence-corrected chi connectivity index (χ2v) is 5.89. The number of nitrogens with zero attached hydrogens (tertiary/aromatic N) is 2. The summed E-state index contributed by atoms with van der Waals surface area (Å²) >= 11 is 6.37. The Bertz CT molecular complexity index is 509. The van der Waals surface area contributed by atoms with Crippen LogP contribution in [0.4, 0.5) is 5.69 Å². The first-order valence-electron chi connectivity index (χ1n) is 6.73. The fraction of sp³-hybridized carbons (Fsp3) is 0.500. The van der Waals surface area contributed by atoms with Crippen LogP contribution in [0, 0.1) is 5.92 Å². The van der Waals surface area contributed by atoms with Gasteiger partial charge in [-0.1, -0.05) is 16.8 Å². The smallest absolute Gasteiger partial charge is 0.170 e. The van der Waals surface area contributed by atoms with Crippen molar-refractivity contribution >= 4 is 23.1 Å². The number of anilines is 1. The molecule has 1 aromatic rings. The lowest BCUT2D eigenvalue weighted by atomic mass is 10.1. The van der Waals surface area contributed by atoms with E-state index in [1.165, 1.54) is 25.7 Å². The zero-order valence-electron chi connectivity index (χ0n) is 10.7. The Balaban J connectivity index is 1.85. The van der Waals surface area contributed by atoms with Gasteiger partial charge < -0.3 is 15.8 Å². The van der Waals surface area contributed by atoms with E-state index in [-0.39, 0.29) is 5.84 Å². The number of benzene rings is 1. The molecule has 1 aromatic carbocycles. The molecule has 0 saturated heterocycles. The number of hydrogen-bond acceptors (Lipinski definition) is 3. The third-order valence-electron chi connectivity index (χ3n) is 3.80. The van der Waals surface area contributed by atoms with E-state index in [2.05, 4.69) is 10.1 Å². The second kappa shape index (κ2) is 4.93. The Morgan fingerprint density at radius 2 is 2.11 bits per heavy atom. The average Bonchev–Trinajstić information content (AvgIpc) is 3.28. The van der Waals surface area contributed by atoms with Crippen LogP contribution in [0.2, 0.25) is 5.02 Å². The van der Waals surface area contributed by atoms with Gasteiger partial charge in [0.15, 0.2) is 5.84 Å². The highest BCUT2D eigenvalue weighted by atomic mass is 35.5. The van der Waals surface area contributed by atoms with Crippen LogP contribution in [-0.4, -0.2) is 23.6 Å². The molecule has 2 saturated carbocycles. The van der Waals surface area contributed by atoms with Crippen LogP contribution in [0.3, 0.4) is 0 Å². The maximum absolute atomic E-state index is 8.69. The molecule has 5 heteroatoms. The zero-order chi connectivity index (χ0) is 13.4. The summed E-state index contributed by atoms with van der Waals surface area (Å²) in [5.74, 6) is 0.925. The van der Waals surface area contributed by atoms with Gasteiger partial charge in [-0.05, 0) is 49.8 Å². The van der Waals surface area contributed by atoms with E-state index in [1.807, 2.05) is 12.1 Å². The Labute approximate surface area is 117 Å². The molecule has 0 atom stereocenters. The maximum Gasteiger partial charge on any atom is 0.170 e. The fourth-order valence-corrected chi connectivity index (χ4v) is 2.65. The Kier molecular flexibility index (Phi) is 3.27. The van der Waals surface area contributed by atoms with Crippen LogP contribution < -0.4 is 10.6 Å². The van der Waals surface area contributed by atoms with Crippen molar-refractivity contribution in [1.29, 1.82) is 0 Å². The number of nitrogens with two attached hydrogens (primary N) is 1. The van der Waals surface area contributed by atoms with Crippen LogP contribution >= 0.6 is 11.6 Å². The Morgan fingerprint density at radius 1 is 1.37 bits per heavy atom. The molecule has 0 heterocycles. The number of amidine groups is 1. The molecule has 4 nitrogen and oxygen atoms in total. The van der Waals surface area contributed by atoms with Gasteiger partial charge in [-0.15, -0.1) is 0 Å². The molecule has 0 amide bonds. The molecule has 0 aliphatic heterocycles. The summed E-state index contributed by atoms with van der Waals surface area (Å²) in [6.07, 6.45) is 5.18. The third-order valence-corrected chi connectivity index (χ3v) is 4.10. The van der Waals surface area contributed by atoms with E-state index in [4.69, 9.17) is 22.5 Å². The molecular formula is C14H18ClN3O. The molecule has 2 aliphatic carbocycles. The largest absolute Gasteiger partial charge is 0.409 e. The van der Waals surface area contributed by atoms with Gasteiger partial charge >= 0.3 is 0 Å². The minimum Gasteiger partial charge on any atom is -0.409 e. The highest BCUT2D eigenvalue weighted by Gasteiger charge is 2.34. The van der Waals surface area contributed by atoms with Crippen molar-refractivity contribution in [2.75, 3.05) is 11.4 Å². The standard InChI is InChI=1S/C14H18ClN3O/c15-12-7-10(14(16)17-19)3-6-13(12)18(11-4-5-11)8-9-1-2-9/h3,6-7,9,11,19H,1-2,4-5,8H2,(H2,16,17). The van der Waals surface area contributed by atoms with E-state index in [9.17, 15) is 0 Å². The lowest BCUT2D eigenvalue weighted by molar-refractivity contribution is 0.318. The summed E-state index contributed by atoms with van der Waals surface area (Å²) in [5.41, 5.74) is 7.31. The highest BCUT2D eigenvalue weighted by Crippen LogP contribution is 2.40. The van der Waals surface area contributed by atoms with E-state index >= 15 is 0 Å². The predicted molar refractivity (Wildman–Crippen MR) is 77.1 cm³/mol. The molecule has 0 bridgehead atoms. The molecule has 0 unspecified atom stereocenters. The lowest BCUT2D eigenvalue weighted by Crippen LogP contribution is -2.28. The van der Waals surface area contributed by atoms with Crippen molar-refractivity contribution in [2.24, 2.45) is 16.8 Å². The van der Waals surface area contributed by atoms with Gasteiger partial charge in [-0.2, -0.15) is 0 Å². The van der Waals surface area contributed by atoms with Crippen LogP contribution in [0.1, 0.15) is 31.2 Å².